The molecule has 1 aliphatic carbocycles. The Morgan fingerprint density at radius 3 is 2.67 bits per heavy atom. The number of nitrogens with zero attached hydrogens (tertiary/aromatic N) is 2. The minimum Gasteiger partial charge on any atom is -0.481 e. The van der Waals surface area contributed by atoms with Crippen LogP contribution in [0.2, 0.25) is 0 Å². The van der Waals surface area contributed by atoms with Crippen molar-refractivity contribution < 1.29 is 14.7 Å². The Kier molecular flexibility index (Phi) is 5.45. The van der Waals surface area contributed by atoms with E-state index in [1.54, 1.807) is 11.9 Å². The first-order valence-electron chi connectivity index (χ1n) is 7.98. The van der Waals surface area contributed by atoms with Gasteiger partial charge in [-0.15, -0.1) is 0 Å². The van der Waals surface area contributed by atoms with Crippen LogP contribution >= 0.6 is 0 Å². The van der Waals surface area contributed by atoms with Gasteiger partial charge in [0, 0.05) is 25.7 Å². The van der Waals surface area contributed by atoms with E-state index >= 15 is 0 Å². The highest BCUT2D eigenvalue weighted by molar-refractivity contribution is 5.75. The lowest BCUT2D eigenvalue weighted by Gasteiger charge is -2.29. The maximum absolute atomic E-state index is 12.3. The Labute approximate surface area is 126 Å². The molecule has 1 heterocycles. The van der Waals surface area contributed by atoms with Gasteiger partial charge in [0.15, 0.2) is 0 Å². The molecule has 2 rings (SSSR count). The third kappa shape index (κ3) is 4.59. The van der Waals surface area contributed by atoms with Gasteiger partial charge in [0.05, 0.1) is 6.42 Å². The van der Waals surface area contributed by atoms with Gasteiger partial charge < -0.3 is 15.3 Å². The first-order chi connectivity index (χ1) is 10.0. The molecular weight excluding hydrogens is 270 g/mol. The first kappa shape index (κ1) is 16.1. The average Bonchev–Trinajstić information content (AvgIpc) is 3.18. The maximum Gasteiger partial charge on any atom is 0.317 e. The zero-order valence-corrected chi connectivity index (χ0v) is 13.0. The molecule has 120 valence electrons. The van der Waals surface area contributed by atoms with Crippen molar-refractivity contribution in [2.75, 3.05) is 26.7 Å². The molecule has 0 aromatic rings. The molecule has 2 atom stereocenters. The van der Waals surface area contributed by atoms with Crippen LogP contribution in [-0.2, 0) is 4.79 Å². The van der Waals surface area contributed by atoms with E-state index in [1.807, 2.05) is 0 Å². The van der Waals surface area contributed by atoms with Crippen molar-refractivity contribution in [2.24, 2.45) is 5.92 Å². The first-order valence-corrected chi connectivity index (χ1v) is 7.98. The topological polar surface area (TPSA) is 72.9 Å². The van der Waals surface area contributed by atoms with Crippen molar-refractivity contribution in [1.82, 2.24) is 15.1 Å². The molecule has 21 heavy (non-hydrogen) atoms. The molecule has 1 saturated heterocycles. The second-order valence-corrected chi connectivity index (χ2v) is 6.30. The summed E-state index contributed by atoms with van der Waals surface area (Å²) in [6, 6.07) is 0.0732. The molecule has 6 nitrogen and oxygen atoms in total. The molecule has 2 unspecified atom stereocenters. The van der Waals surface area contributed by atoms with Crippen LogP contribution in [-0.4, -0.2) is 65.7 Å². The molecule has 0 aromatic carbocycles. The largest absolute Gasteiger partial charge is 0.481 e. The fourth-order valence-corrected chi connectivity index (χ4v) is 3.21. The lowest BCUT2D eigenvalue weighted by molar-refractivity contribution is -0.137. The van der Waals surface area contributed by atoms with E-state index in [2.05, 4.69) is 17.1 Å². The molecule has 0 aromatic heterocycles. The number of likely N-dealkylation sites (N-methyl/N-ethyl adjacent to an activating group) is 2. The van der Waals surface area contributed by atoms with E-state index in [1.165, 1.54) is 6.42 Å². The Morgan fingerprint density at radius 2 is 2.10 bits per heavy atom. The fourth-order valence-electron chi connectivity index (χ4n) is 3.21. The summed E-state index contributed by atoms with van der Waals surface area (Å²) in [6.07, 6.45) is 4.39. The summed E-state index contributed by atoms with van der Waals surface area (Å²) in [5, 5.41) is 11.8. The number of rotatable bonds is 7. The number of carbonyl (C=O) groups excluding carboxylic acids is 1. The van der Waals surface area contributed by atoms with Gasteiger partial charge in [-0.3, -0.25) is 9.69 Å². The highest BCUT2D eigenvalue weighted by Gasteiger charge is 2.34. The lowest BCUT2D eigenvalue weighted by Crippen LogP contribution is -2.48. The van der Waals surface area contributed by atoms with Crippen molar-refractivity contribution in [1.29, 1.82) is 0 Å². The van der Waals surface area contributed by atoms with Gasteiger partial charge >= 0.3 is 12.0 Å². The average molecular weight is 297 g/mol. The number of hydrogen-bond donors (Lipinski definition) is 2. The highest BCUT2D eigenvalue weighted by atomic mass is 16.4. The number of amides is 2. The van der Waals surface area contributed by atoms with Gasteiger partial charge in [-0.05, 0) is 44.7 Å². The van der Waals surface area contributed by atoms with Crippen LogP contribution in [0, 0.1) is 5.92 Å². The summed E-state index contributed by atoms with van der Waals surface area (Å²) >= 11 is 0. The SMILES string of the molecule is CCN1CCCC1CN(C)C(=O)NC(CC(=O)O)C1CC1. The smallest absolute Gasteiger partial charge is 0.317 e. The van der Waals surface area contributed by atoms with Crippen molar-refractivity contribution in [3.63, 3.8) is 0 Å². The summed E-state index contributed by atoms with van der Waals surface area (Å²) in [5.41, 5.74) is 0. The normalized spacial score (nSPS) is 23.8. The Bertz CT molecular complexity index is 384. The monoisotopic (exact) mass is 297 g/mol. The predicted molar refractivity (Wildman–Crippen MR) is 80.2 cm³/mol. The molecule has 2 fully saturated rings. The van der Waals surface area contributed by atoms with Gasteiger partial charge in [-0.2, -0.15) is 0 Å². The van der Waals surface area contributed by atoms with E-state index in [0.29, 0.717) is 18.5 Å². The number of urea groups is 1. The number of carboxylic acid groups (broad SMARTS) is 1. The van der Waals surface area contributed by atoms with Gasteiger partial charge in [-0.1, -0.05) is 6.92 Å². The van der Waals surface area contributed by atoms with Crippen LogP contribution in [0.4, 0.5) is 4.79 Å². The summed E-state index contributed by atoms with van der Waals surface area (Å²) < 4.78 is 0. The molecule has 1 saturated carbocycles. The molecule has 0 spiro atoms. The fraction of sp³-hybridized carbons (Fsp3) is 0.867. The number of aliphatic carboxylic acids is 1. The zero-order chi connectivity index (χ0) is 15.4. The minimum absolute atomic E-state index is 0.0226. The molecule has 2 N–H and O–H groups in total. The van der Waals surface area contributed by atoms with Crippen LogP contribution in [0.15, 0.2) is 0 Å². The van der Waals surface area contributed by atoms with Crippen LogP contribution in [0.1, 0.15) is 39.0 Å². The van der Waals surface area contributed by atoms with Gasteiger partial charge in [-0.25, -0.2) is 4.79 Å². The van der Waals surface area contributed by atoms with Gasteiger partial charge in [0.1, 0.15) is 0 Å². The van der Waals surface area contributed by atoms with E-state index in [9.17, 15) is 9.59 Å². The van der Waals surface area contributed by atoms with E-state index < -0.39 is 5.97 Å². The van der Waals surface area contributed by atoms with Crippen LogP contribution in [0.25, 0.3) is 0 Å². The van der Waals surface area contributed by atoms with Crippen molar-refractivity contribution in [3.05, 3.63) is 0 Å². The standard InChI is InChI=1S/C15H27N3O3/c1-3-18-8-4-5-12(18)10-17(2)15(21)16-13(9-14(19)20)11-6-7-11/h11-13H,3-10H2,1-2H3,(H,16,21)(H,19,20). The molecule has 0 bridgehead atoms. The van der Waals surface area contributed by atoms with E-state index in [4.69, 9.17) is 5.11 Å². The maximum atomic E-state index is 12.3. The summed E-state index contributed by atoms with van der Waals surface area (Å²) in [7, 11) is 1.80. The molecule has 2 aliphatic rings. The molecule has 2 amide bonds. The molecular formula is C15H27N3O3. The number of likely N-dealkylation sites (tertiary alicyclic amines) is 1. The summed E-state index contributed by atoms with van der Waals surface area (Å²) in [5.74, 6) is -0.500. The van der Waals surface area contributed by atoms with Crippen LogP contribution < -0.4 is 5.32 Å². The summed E-state index contributed by atoms with van der Waals surface area (Å²) in [6.45, 7) is 4.99. The second-order valence-electron chi connectivity index (χ2n) is 6.30. The third-order valence-corrected chi connectivity index (χ3v) is 4.63. The second kappa shape index (κ2) is 7.11. The van der Waals surface area contributed by atoms with Gasteiger partial charge in [0.25, 0.3) is 0 Å². The predicted octanol–water partition coefficient (Wildman–Crippen LogP) is 1.37. The van der Waals surface area contributed by atoms with E-state index in [0.717, 1.165) is 32.4 Å². The van der Waals surface area contributed by atoms with Crippen LogP contribution in [0.3, 0.4) is 0 Å². The van der Waals surface area contributed by atoms with Crippen molar-refractivity contribution in [2.45, 2.75) is 51.1 Å². The quantitative estimate of drug-likeness (QED) is 0.744. The summed E-state index contributed by atoms with van der Waals surface area (Å²) in [4.78, 5) is 27.2. The zero-order valence-electron chi connectivity index (χ0n) is 13.0. The van der Waals surface area contributed by atoms with Crippen molar-refractivity contribution in [3.8, 4) is 0 Å². The van der Waals surface area contributed by atoms with E-state index in [-0.39, 0.29) is 18.5 Å². The third-order valence-electron chi connectivity index (χ3n) is 4.63. The molecule has 1 aliphatic heterocycles. The molecule has 0 radical (unpaired) electrons. The lowest BCUT2D eigenvalue weighted by atomic mass is 10.1. The van der Waals surface area contributed by atoms with Crippen LogP contribution in [0.5, 0.6) is 0 Å². The Balaban J connectivity index is 1.82. The Hall–Kier alpha value is -1.30. The molecule has 6 heteroatoms. The van der Waals surface area contributed by atoms with Gasteiger partial charge in [0.2, 0.25) is 0 Å². The number of nitrogens with one attached hydrogen (secondary N) is 1. The minimum atomic E-state index is -0.845. The Morgan fingerprint density at radius 1 is 1.38 bits per heavy atom. The highest BCUT2D eigenvalue weighted by Crippen LogP contribution is 2.34. The van der Waals surface area contributed by atoms with Crippen molar-refractivity contribution >= 4 is 12.0 Å². The number of carboxylic acids is 1. The number of carbonyl (C=O) groups is 2. The number of hydrogen-bond acceptors (Lipinski definition) is 3.